The van der Waals surface area contributed by atoms with Gasteiger partial charge in [0.25, 0.3) is 11.9 Å². The Morgan fingerprint density at radius 2 is 1.71 bits per heavy atom. The average molecular weight is 672 g/mol. The summed E-state index contributed by atoms with van der Waals surface area (Å²) in [5.41, 5.74) is 0.100. The normalized spacial score (nSPS) is 14.8. The highest BCUT2D eigenvalue weighted by molar-refractivity contribution is 6.49. The highest BCUT2D eigenvalue weighted by Crippen LogP contribution is 2.20. The van der Waals surface area contributed by atoms with Gasteiger partial charge in [-0.05, 0) is 37.6 Å². The summed E-state index contributed by atoms with van der Waals surface area (Å²) in [6, 6.07) is 4.33. The third-order valence-electron chi connectivity index (χ3n) is 6.26. The number of amides is 4. The van der Waals surface area contributed by atoms with E-state index >= 15 is 0 Å². The topological polar surface area (TPSA) is 210 Å². The molecule has 0 aromatic heterocycles. The number of carbonyl (C=O) groups is 6. The lowest BCUT2D eigenvalue weighted by molar-refractivity contribution is -0.139. The van der Waals surface area contributed by atoms with Crippen LogP contribution in [0, 0.1) is 5.92 Å². The van der Waals surface area contributed by atoms with Gasteiger partial charge in [0, 0.05) is 24.5 Å². The first-order valence-corrected chi connectivity index (χ1v) is 15.0. The maximum atomic E-state index is 12.2. The zero-order valence-electron chi connectivity index (χ0n) is 25.2. The van der Waals surface area contributed by atoms with Crippen molar-refractivity contribution in [2.75, 3.05) is 33.1 Å². The van der Waals surface area contributed by atoms with Gasteiger partial charge < -0.3 is 45.6 Å². The Labute approximate surface area is 271 Å². The molecule has 0 saturated carbocycles. The predicted molar refractivity (Wildman–Crippen MR) is 165 cm³/mol. The lowest BCUT2D eigenvalue weighted by atomic mass is 9.74. The third kappa shape index (κ3) is 14.1. The van der Waals surface area contributed by atoms with Crippen LogP contribution in [0.25, 0.3) is 0 Å². The molecule has 1 aromatic carbocycles. The summed E-state index contributed by atoms with van der Waals surface area (Å²) in [6.07, 6.45) is -1.58. The molecule has 2 rings (SSSR count). The summed E-state index contributed by atoms with van der Waals surface area (Å²) < 4.78 is 15.4. The molecule has 0 unspecified atom stereocenters. The van der Waals surface area contributed by atoms with Crippen LogP contribution >= 0.6 is 23.2 Å². The van der Waals surface area contributed by atoms with Crippen molar-refractivity contribution in [3.63, 3.8) is 0 Å². The SMILES string of the molecule is CN[C@@H](CC(C)C)B(O)OC(=O)CCC(=O)NCCNC(=O)C[C@H]1OB(CNC(=O)CNC(=O)c2cc(Cl)ccc2Cl)OC1=O. The second-order valence-corrected chi connectivity index (χ2v) is 11.3. The van der Waals surface area contributed by atoms with Crippen LogP contribution in [0.1, 0.15) is 49.9 Å². The first-order valence-electron chi connectivity index (χ1n) is 14.2. The monoisotopic (exact) mass is 671 g/mol. The Bertz CT molecular complexity index is 1230. The Hall–Kier alpha value is -3.37. The lowest BCUT2D eigenvalue weighted by Crippen LogP contribution is -2.45. The van der Waals surface area contributed by atoms with Gasteiger partial charge in [-0.3, -0.25) is 28.8 Å². The Kier molecular flexibility index (Phi) is 16.1. The molecule has 1 fully saturated rings. The molecule has 1 aromatic rings. The second-order valence-electron chi connectivity index (χ2n) is 10.4. The number of hydrogen-bond acceptors (Lipinski definition) is 11. The number of halogens is 2. The molecule has 246 valence electrons. The van der Waals surface area contributed by atoms with Crippen LogP contribution in [0.3, 0.4) is 0 Å². The fourth-order valence-electron chi connectivity index (χ4n) is 3.99. The third-order valence-corrected chi connectivity index (χ3v) is 6.83. The van der Waals surface area contributed by atoms with Gasteiger partial charge in [0.1, 0.15) is 6.10 Å². The lowest BCUT2D eigenvalue weighted by Gasteiger charge is -2.20. The van der Waals surface area contributed by atoms with Crippen molar-refractivity contribution in [2.45, 2.75) is 51.6 Å². The Balaban J connectivity index is 1.59. The van der Waals surface area contributed by atoms with Crippen molar-refractivity contribution in [3.05, 3.63) is 33.8 Å². The summed E-state index contributed by atoms with van der Waals surface area (Å²) in [6.45, 7) is 3.64. The van der Waals surface area contributed by atoms with Crippen LogP contribution in [0.4, 0.5) is 0 Å². The molecule has 1 aliphatic heterocycles. The van der Waals surface area contributed by atoms with Gasteiger partial charge in [0.05, 0.1) is 42.4 Å². The summed E-state index contributed by atoms with van der Waals surface area (Å²) in [7, 11) is -0.821. The molecule has 2 atom stereocenters. The summed E-state index contributed by atoms with van der Waals surface area (Å²) in [5.74, 6) is -3.87. The highest BCUT2D eigenvalue weighted by atomic mass is 35.5. The van der Waals surface area contributed by atoms with Crippen molar-refractivity contribution >= 4 is 73.0 Å². The maximum absolute atomic E-state index is 12.2. The summed E-state index contributed by atoms with van der Waals surface area (Å²) in [4.78, 5) is 72.6. The van der Waals surface area contributed by atoms with E-state index in [2.05, 4.69) is 26.6 Å². The summed E-state index contributed by atoms with van der Waals surface area (Å²) >= 11 is 11.8. The van der Waals surface area contributed by atoms with Gasteiger partial charge in [-0.1, -0.05) is 37.0 Å². The fraction of sp³-hybridized carbons (Fsp3) is 0.538. The largest absolute Gasteiger partial charge is 0.548 e. The van der Waals surface area contributed by atoms with Crippen LogP contribution < -0.4 is 26.6 Å². The zero-order chi connectivity index (χ0) is 33.5. The van der Waals surface area contributed by atoms with Crippen LogP contribution in [0.2, 0.25) is 10.0 Å². The van der Waals surface area contributed by atoms with E-state index in [1.54, 1.807) is 7.05 Å². The van der Waals surface area contributed by atoms with E-state index in [-0.39, 0.29) is 55.3 Å². The molecule has 1 saturated heterocycles. The van der Waals surface area contributed by atoms with E-state index in [1.165, 1.54) is 18.2 Å². The van der Waals surface area contributed by atoms with E-state index in [9.17, 15) is 33.8 Å². The number of hydrogen-bond donors (Lipinski definition) is 6. The molecule has 4 amide bonds. The molecule has 1 aliphatic rings. The first kappa shape index (κ1) is 37.8. The van der Waals surface area contributed by atoms with Crippen molar-refractivity contribution in [1.82, 2.24) is 26.6 Å². The number of rotatable bonds is 18. The number of carbonyl (C=O) groups excluding carboxylic acids is 6. The molecule has 0 aliphatic carbocycles. The van der Waals surface area contributed by atoms with Crippen LogP contribution in [0.5, 0.6) is 0 Å². The van der Waals surface area contributed by atoms with Crippen LogP contribution in [-0.4, -0.2) is 100.0 Å². The van der Waals surface area contributed by atoms with Crippen molar-refractivity contribution in [3.8, 4) is 0 Å². The highest BCUT2D eigenvalue weighted by Gasteiger charge is 2.41. The molecule has 1 heterocycles. The van der Waals surface area contributed by atoms with Gasteiger partial charge in [-0.2, -0.15) is 0 Å². The van der Waals surface area contributed by atoms with Gasteiger partial charge in [0.15, 0.2) is 0 Å². The standard InChI is InChI=1S/C26H37B2Cl2N5O10/c1-15(2)10-20(31-3)28(42)44-24(39)7-6-21(36)32-8-9-33-22(37)12-19-26(41)45-27(43-19)14-35-23(38)13-34-25(40)17-11-16(29)4-5-18(17)30/h4-5,11,15,19-20,31,42H,6-10,12-14H2,1-3H3,(H,32,36)(H,33,37)(H,34,40)(H,35,38)/t19-,20+/m1/s1. The molecule has 19 heteroatoms. The maximum Gasteiger partial charge on any atom is 0.548 e. The molecular formula is C26H37B2Cl2N5O10. The van der Waals surface area contributed by atoms with E-state index in [0.29, 0.717) is 11.4 Å². The Morgan fingerprint density at radius 3 is 2.38 bits per heavy atom. The van der Waals surface area contributed by atoms with Crippen molar-refractivity contribution in [2.24, 2.45) is 5.92 Å². The van der Waals surface area contributed by atoms with Gasteiger partial charge in [-0.25, -0.2) is 0 Å². The Morgan fingerprint density at radius 1 is 1.02 bits per heavy atom. The number of nitrogens with one attached hydrogen (secondary N) is 5. The smallest absolute Gasteiger partial charge is 0.509 e. The fourth-order valence-corrected chi connectivity index (χ4v) is 4.36. The van der Waals surface area contributed by atoms with E-state index in [4.69, 9.17) is 37.2 Å². The van der Waals surface area contributed by atoms with Gasteiger partial charge >= 0.3 is 20.2 Å². The van der Waals surface area contributed by atoms with Gasteiger partial charge in [-0.15, -0.1) is 0 Å². The summed E-state index contributed by atoms with van der Waals surface area (Å²) in [5, 5.41) is 23.3. The van der Waals surface area contributed by atoms with E-state index in [1.807, 2.05) is 13.8 Å². The molecule has 15 nitrogen and oxygen atoms in total. The van der Waals surface area contributed by atoms with Crippen molar-refractivity contribution < 1.29 is 47.8 Å². The van der Waals surface area contributed by atoms with E-state index in [0.717, 1.165) is 0 Å². The minimum absolute atomic E-state index is 0.0418. The molecule has 45 heavy (non-hydrogen) atoms. The average Bonchev–Trinajstić information content (AvgIpc) is 3.33. The predicted octanol–water partition coefficient (Wildman–Crippen LogP) is -0.591. The molecular weight excluding hydrogens is 635 g/mol. The zero-order valence-corrected chi connectivity index (χ0v) is 26.7. The molecule has 0 bridgehead atoms. The molecule has 0 spiro atoms. The molecule has 6 N–H and O–H groups in total. The molecule has 0 radical (unpaired) electrons. The second kappa shape index (κ2) is 19.2. The first-order chi connectivity index (χ1) is 21.3. The van der Waals surface area contributed by atoms with Gasteiger partial charge in [0.2, 0.25) is 17.7 Å². The minimum atomic E-state index is -1.33. The van der Waals surface area contributed by atoms with Crippen molar-refractivity contribution in [1.29, 1.82) is 0 Å². The number of benzene rings is 1. The minimum Gasteiger partial charge on any atom is -0.509 e. The van der Waals surface area contributed by atoms with Crippen LogP contribution in [0.15, 0.2) is 18.2 Å². The quantitative estimate of drug-likeness (QED) is 0.0858. The van der Waals surface area contributed by atoms with Crippen LogP contribution in [-0.2, 0) is 37.9 Å². The van der Waals surface area contributed by atoms with E-state index < -0.39 is 68.4 Å².